The van der Waals surface area contributed by atoms with Crippen molar-refractivity contribution in [1.29, 1.82) is 0 Å². The molecule has 2 amide bonds. The number of carbonyl (C=O) groups excluding carboxylic acids is 3. The SMILES string of the molecule is CC(=O)OCC(NC(=O)OCC1c2ccccc2-c2ccccc21)C(N)=O. The van der Waals surface area contributed by atoms with E-state index in [1.807, 2.05) is 48.5 Å². The molecule has 1 aliphatic carbocycles. The fourth-order valence-corrected chi connectivity index (χ4v) is 3.18. The van der Waals surface area contributed by atoms with Crippen LogP contribution in [-0.4, -0.2) is 37.2 Å². The lowest BCUT2D eigenvalue weighted by Gasteiger charge is -2.17. The molecule has 1 atom stereocenters. The van der Waals surface area contributed by atoms with Crippen LogP contribution in [0.5, 0.6) is 0 Å². The summed E-state index contributed by atoms with van der Waals surface area (Å²) in [6.45, 7) is 0.971. The highest BCUT2D eigenvalue weighted by Crippen LogP contribution is 2.44. The normalized spacial score (nSPS) is 13.2. The number of ether oxygens (including phenoxy) is 2. The van der Waals surface area contributed by atoms with E-state index in [2.05, 4.69) is 5.32 Å². The Balaban J connectivity index is 1.67. The van der Waals surface area contributed by atoms with Gasteiger partial charge < -0.3 is 20.5 Å². The van der Waals surface area contributed by atoms with Crippen molar-refractivity contribution in [3.05, 3.63) is 59.7 Å². The fraction of sp³-hybridized carbons (Fsp3) is 0.250. The van der Waals surface area contributed by atoms with Gasteiger partial charge in [-0.3, -0.25) is 9.59 Å². The molecule has 27 heavy (non-hydrogen) atoms. The summed E-state index contributed by atoms with van der Waals surface area (Å²) in [6.07, 6.45) is -0.798. The van der Waals surface area contributed by atoms with E-state index in [-0.39, 0.29) is 19.1 Å². The van der Waals surface area contributed by atoms with E-state index >= 15 is 0 Å². The standard InChI is InChI=1S/C20H20N2O5/c1-12(23)26-11-18(19(21)24)22-20(25)27-10-17-15-8-4-2-6-13(15)14-7-3-5-9-16(14)17/h2-9,17-18H,10-11H2,1H3,(H2,21,24)(H,22,25). The first-order valence-electron chi connectivity index (χ1n) is 8.51. The van der Waals surface area contributed by atoms with E-state index in [0.717, 1.165) is 22.3 Å². The van der Waals surface area contributed by atoms with Gasteiger partial charge in [-0.1, -0.05) is 48.5 Å². The molecule has 0 aromatic heterocycles. The lowest BCUT2D eigenvalue weighted by molar-refractivity contribution is -0.142. The van der Waals surface area contributed by atoms with Crippen molar-refractivity contribution in [2.24, 2.45) is 5.73 Å². The molecule has 3 N–H and O–H groups in total. The average Bonchev–Trinajstić information content (AvgIpc) is 2.97. The number of primary amides is 1. The minimum Gasteiger partial charge on any atom is -0.463 e. The summed E-state index contributed by atoms with van der Waals surface area (Å²) < 4.78 is 10.1. The van der Waals surface area contributed by atoms with Crippen LogP contribution in [0.2, 0.25) is 0 Å². The summed E-state index contributed by atoms with van der Waals surface area (Å²) >= 11 is 0. The third kappa shape index (κ3) is 4.08. The molecule has 2 aromatic rings. The van der Waals surface area contributed by atoms with Gasteiger partial charge in [-0.2, -0.15) is 0 Å². The third-order valence-electron chi connectivity index (χ3n) is 4.43. The number of fused-ring (bicyclic) bond motifs is 3. The average molecular weight is 368 g/mol. The van der Waals surface area contributed by atoms with Crippen LogP contribution in [0.4, 0.5) is 4.79 Å². The molecule has 7 heteroatoms. The first kappa shape index (κ1) is 18.4. The molecule has 3 rings (SSSR count). The number of carbonyl (C=O) groups is 3. The largest absolute Gasteiger partial charge is 0.463 e. The molecule has 7 nitrogen and oxygen atoms in total. The van der Waals surface area contributed by atoms with Crippen LogP contribution < -0.4 is 11.1 Å². The van der Waals surface area contributed by atoms with E-state index in [0.29, 0.717) is 0 Å². The van der Waals surface area contributed by atoms with E-state index in [1.165, 1.54) is 6.92 Å². The van der Waals surface area contributed by atoms with Crippen LogP contribution in [0.3, 0.4) is 0 Å². The van der Waals surface area contributed by atoms with Gasteiger partial charge in [0.15, 0.2) is 0 Å². The molecule has 0 spiro atoms. The molecule has 2 aromatic carbocycles. The second-order valence-electron chi connectivity index (χ2n) is 6.23. The van der Waals surface area contributed by atoms with Crippen LogP contribution in [0.15, 0.2) is 48.5 Å². The molecule has 1 aliphatic rings. The maximum Gasteiger partial charge on any atom is 0.407 e. The Bertz CT molecular complexity index is 835. The zero-order chi connectivity index (χ0) is 19.4. The van der Waals surface area contributed by atoms with E-state index in [4.69, 9.17) is 15.2 Å². The number of hydrogen-bond donors (Lipinski definition) is 2. The zero-order valence-corrected chi connectivity index (χ0v) is 14.8. The molecule has 0 bridgehead atoms. The van der Waals surface area contributed by atoms with E-state index in [9.17, 15) is 14.4 Å². The van der Waals surface area contributed by atoms with Gasteiger partial charge in [-0.25, -0.2) is 4.79 Å². The Kier molecular flexibility index (Phi) is 5.40. The van der Waals surface area contributed by atoms with Crippen LogP contribution >= 0.6 is 0 Å². The van der Waals surface area contributed by atoms with Gasteiger partial charge in [0.1, 0.15) is 19.3 Å². The van der Waals surface area contributed by atoms with Gasteiger partial charge in [0.2, 0.25) is 5.91 Å². The molecular formula is C20H20N2O5. The van der Waals surface area contributed by atoms with Crippen LogP contribution in [0, 0.1) is 0 Å². The first-order valence-corrected chi connectivity index (χ1v) is 8.51. The lowest BCUT2D eigenvalue weighted by atomic mass is 9.98. The monoisotopic (exact) mass is 368 g/mol. The summed E-state index contributed by atoms with van der Waals surface area (Å²) in [5.41, 5.74) is 9.61. The second kappa shape index (κ2) is 7.90. The predicted octanol–water partition coefficient (Wildman–Crippen LogP) is 1.94. The Labute approximate surface area is 156 Å². The number of amides is 2. The summed E-state index contributed by atoms with van der Waals surface area (Å²) in [6, 6.07) is 14.8. The number of benzene rings is 2. The highest BCUT2D eigenvalue weighted by atomic mass is 16.6. The summed E-state index contributed by atoms with van der Waals surface area (Å²) in [5, 5.41) is 2.33. The maximum absolute atomic E-state index is 12.1. The topological polar surface area (TPSA) is 108 Å². The number of nitrogens with two attached hydrogens (primary N) is 1. The molecule has 1 unspecified atom stereocenters. The fourth-order valence-electron chi connectivity index (χ4n) is 3.18. The Hall–Kier alpha value is -3.35. The first-order chi connectivity index (χ1) is 13.0. The third-order valence-corrected chi connectivity index (χ3v) is 4.43. The second-order valence-corrected chi connectivity index (χ2v) is 6.23. The van der Waals surface area contributed by atoms with Gasteiger partial charge in [-0.15, -0.1) is 0 Å². The molecule has 0 radical (unpaired) electrons. The van der Waals surface area contributed by atoms with Crippen molar-refractivity contribution in [2.75, 3.05) is 13.2 Å². The summed E-state index contributed by atoms with van der Waals surface area (Å²) in [7, 11) is 0. The molecular weight excluding hydrogens is 348 g/mol. The molecule has 0 saturated heterocycles. The van der Waals surface area contributed by atoms with Crippen molar-refractivity contribution in [3.63, 3.8) is 0 Å². The summed E-state index contributed by atoms with van der Waals surface area (Å²) in [5.74, 6) is -1.48. The highest BCUT2D eigenvalue weighted by molar-refractivity contribution is 5.85. The number of alkyl carbamates (subject to hydrolysis) is 1. The highest BCUT2D eigenvalue weighted by Gasteiger charge is 2.29. The van der Waals surface area contributed by atoms with Crippen molar-refractivity contribution in [1.82, 2.24) is 5.32 Å². The van der Waals surface area contributed by atoms with Gasteiger partial charge in [0, 0.05) is 12.8 Å². The zero-order valence-electron chi connectivity index (χ0n) is 14.8. The minimum atomic E-state index is -1.15. The van der Waals surface area contributed by atoms with Crippen molar-refractivity contribution in [2.45, 2.75) is 18.9 Å². The van der Waals surface area contributed by atoms with Crippen molar-refractivity contribution >= 4 is 18.0 Å². The van der Waals surface area contributed by atoms with Crippen LogP contribution in [0.1, 0.15) is 24.0 Å². The minimum absolute atomic E-state index is 0.0938. The van der Waals surface area contributed by atoms with Gasteiger partial charge >= 0.3 is 12.1 Å². The summed E-state index contributed by atoms with van der Waals surface area (Å²) in [4.78, 5) is 34.4. The van der Waals surface area contributed by atoms with Gasteiger partial charge in [0.05, 0.1) is 0 Å². The van der Waals surface area contributed by atoms with Crippen LogP contribution in [-0.2, 0) is 19.1 Å². The predicted molar refractivity (Wildman–Crippen MR) is 97.8 cm³/mol. The van der Waals surface area contributed by atoms with Crippen molar-refractivity contribution < 1.29 is 23.9 Å². The molecule has 140 valence electrons. The quantitative estimate of drug-likeness (QED) is 0.758. The van der Waals surface area contributed by atoms with E-state index in [1.54, 1.807) is 0 Å². The number of nitrogens with one attached hydrogen (secondary N) is 1. The molecule has 0 aliphatic heterocycles. The maximum atomic E-state index is 12.1. The Morgan fingerprint density at radius 3 is 2.07 bits per heavy atom. The smallest absolute Gasteiger partial charge is 0.407 e. The van der Waals surface area contributed by atoms with E-state index < -0.39 is 24.0 Å². The molecule has 0 fully saturated rings. The number of hydrogen-bond acceptors (Lipinski definition) is 5. The molecule has 0 saturated carbocycles. The Morgan fingerprint density at radius 1 is 1.00 bits per heavy atom. The van der Waals surface area contributed by atoms with Crippen molar-refractivity contribution in [3.8, 4) is 11.1 Å². The van der Waals surface area contributed by atoms with Crippen LogP contribution in [0.25, 0.3) is 11.1 Å². The van der Waals surface area contributed by atoms with Gasteiger partial charge in [-0.05, 0) is 22.3 Å². The Morgan fingerprint density at radius 2 is 1.56 bits per heavy atom. The number of esters is 1. The lowest BCUT2D eigenvalue weighted by Crippen LogP contribution is -2.48. The van der Waals surface area contributed by atoms with Gasteiger partial charge in [0.25, 0.3) is 0 Å². The number of rotatable bonds is 6. The molecule has 0 heterocycles.